The van der Waals surface area contributed by atoms with Gasteiger partial charge < -0.3 is 9.64 Å². The number of carbonyl (C=O) groups excluding carboxylic acids is 1. The normalized spacial score (nSPS) is 29.0. The molecule has 1 aliphatic heterocycles. The van der Waals surface area contributed by atoms with Crippen LogP contribution in [0.3, 0.4) is 0 Å². The number of hydrogen-bond donors (Lipinski definition) is 1. The summed E-state index contributed by atoms with van der Waals surface area (Å²) in [7, 11) is 0. The van der Waals surface area contributed by atoms with Gasteiger partial charge >= 0.3 is 0 Å². The Labute approximate surface area is 84.8 Å². The molecule has 0 aromatic heterocycles. The van der Waals surface area contributed by atoms with Gasteiger partial charge in [-0.05, 0) is 19.6 Å². The van der Waals surface area contributed by atoms with Crippen molar-refractivity contribution in [2.24, 2.45) is 0 Å². The lowest BCUT2D eigenvalue weighted by Gasteiger charge is -2.35. The van der Waals surface area contributed by atoms with E-state index in [-0.39, 0.29) is 18.1 Å². The van der Waals surface area contributed by atoms with Crippen molar-refractivity contribution in [2.75, 3.05) is 18.8 Å². The number of rotatable bonds is 2. The quantitative estimate of drug-likeness (QED) is 0.677. The SMILES string of the molecule is CC1CN(C(=O)CCS)CC(C)O1. The molecule has 4 heteroatoms. The molecule has 0 aromatic carbocycles. The monoisotopic (exact) mass is 203 g/mol. The molecule has 0 aromatic rings. The van der Waals surface area contributed by atoms with Gasteiger partial charge in [-0.3, -0.25) is 4.79 Å². The minimum Gasteiger partial charge on any atom is -0.372 e. The molecule has 2 atom stereocenters. The smallest absolute Gasteiger partial charge is 0.223 e. The van der Waals surface area contributed by atoms with E-state index in [0.717, 1.165) is 13.1 Å². The molecule has 76 valence electrons. The zero-order chi connectivity index (χ0) is 9.84. The molecule has 1 rings (SSSR count). The van der Waals surface area contributed by atoms with Crippen LogP contribution in [0.5, 0.6) is 0 Å². The van der Waals surface area contributed by atoms with E-state index in [2.05, 4.69) is 12.6 Å². The van der Waals surface area contributed by atoms with Gasteiger partial charge in [-0.15, -0.1) is 0 Å². The van der Waals surface area contributed by atoms with Gasteiger partial charge in [0, 0.05) is 19.5 Å². The first-order valence-corrected chi connectivity index (χ1v) is 5.31. The minimum absolute atomic E-state index is 0.160. The van der Waals surface area contributed by atoms with Crippen LogP contribution in [0.25, 0.3) is 0 Å². The largest absolute Gasteiger partial charge is 0.372 e. The van der Waals surface area contributed by atoms with Crippen LogP contribution in [-0.4, -0.2) is 41.9 Å². The van der Waals surface area contributed by atoms with Crippen LogP contribution in [0.15, 0.2) is 0 Å². The third-order valence-electron chi connectivity index (χ3n) is 2.10. The van der Waals surface area contributed by atoms with Crippen LogP contribution in [0.1, 0.15) is 20.3 Å². The van der Waals surface area contributed by atoms with Gasteiger partial charge in [-0.1, -0.05) is 0 Å². The summed E-state index contributed by atoms with van der Waals surface area (Å²) in [6.07, 6.45) is 0.850. The van der Waals surface area contributed by atoms with E-state index in [0.29, 0.717) is 12.2 Å². The molecule has 0 spiro atoms. The van der Waals surface area contributed by atoms with E-state index in [4.69, 9.17) is 4.74 Å². The molecule has 2 unspecified atom stereocenters. The van der Waals surface area contributed by atoms with Gasteiger partial charge in [0.2, 0.25) is 5.91 Å². The number of nitrogens with zero attached hydrogens (tertiary/aromatic N) is 1. The van der Waals surface area contributed by atoms with Crippen molar-refractivity contribution in [1.82, 2.24) is 4.90 Å². The zero-order valence-corrected chi connectivity index (χ0v) is 9.09. The number of morpholine rings is 1. The maximum Gasteiger partial charge on any atom is 0.223 e. The number of hydrogen-bond acceptors (Lipinski definition) is 3. The summed E-state index contributed by atoms with van der Waals surface area (Å²) in [5, 5.41) is 0. The summed E-state index contributed by atoms with van der Waals surface area (Å²) in [6.45, 7) is 5.43. The van der Waals surface area contributed by atoms with Crippen molar-refractivity contribution in [3.05, 3.63) is 0 Å². The Morgan fingerprint density at radius 2 is 2.00 bits per heavy atom. The predicted molar refractivity (Wildman–Crippen MR) is 55.1 cm³/mol. The third-order valence-corrected chi connectivity index (χ3v) is 2.32. The van der Waals surface area contributed by atoms with Gasteiger partial charge in [-0.2, -0.15) is 12.6 Å². The van der Waals surface area contributed by atoms with Crippen LogP contribution in [0, 0.1) is 0 Å². The van der Waals surface area contributed by atoms with Gasteiger partial charge in [0.1, 0.15) is 0 Å². The highest BCUT2D eigenvalue weighted by atomic mass is 32.1. The second kappa shape index (κ2) is 4.86. The summed E-state index contributed by atoms with van der Waals surface area (Å²) in [5.74, 6) is 0.816. The van der Waals surface area contributed by atoms with Crippen LogP contribution in [0.2, 0.25) is 0 Å². The van der Waals surface area contributed by atoms with Gasteiger partial charge in [0.05, 0.1) is 12.2 Å². The number of amides is 1. The average Bonchev–Trinajstić information content (AvgIpc) is 2.03. The van der Waals surface area contributed by atoms with Crippen LogP contribution in [-0.2, 0) is 9.53 Å². The lowest BCUT2D eigenvalue weighted by Crippen LogP contribution is -2.48. The number of ether oxygens (including phenoxy) is 1. The van der Waals surface area contributed by atoms with E-state index in [1.165, 1.54) is 0 Å². The molecule has 0 bridgehead atoms. The topological polar surface area (TPSA) is 29.5 Å². The molecule has 0 aliphatic carbocycles. The second-order valence-corrected chi connectivity index (χ2v) is 3.98. The molecular weight excluding hydrogens is 186 g/mol. The highest BCUT2D eigenvalue weighted by Crippen LogP contribution is 2.11. The van der Waals surface area contributed by atoms with E-state index in [1.807, 2.05) is 18.7 Å². The Bertz CT molecular complexity index is 176. The molecule has 0 saturated carbocycles. The predicted octanol–water partition coefficient (Wildman–Crippen LogP) is 0.942. The fraction of sp³-hybridized carbons (Fsp3) is 0.889. The Kier molecular flexibility index (Phi) is 4.06. The van der Waals surface area contributed by atoms with Crippen molar-refractivity contribution in [3.63, 3.8) is 0 Å². The fourth-order valence-electron chi connectivity index (χ4n) is 1.64. The van der Waals surface area contributed by atoms with Crippen molar-refractivity contribution < 1.29 is 9.53 Å². The molecule has 1 saturated heterocycles. The van der Waals surface area contributed by atoms with Gasteiger partial charge in [0.25, 0.3) is 0 Å². The van der Waals surface area contributed by atoms with Crippen LogP contribution in [0.4, 0.5) is 0 Å². The van der Waals surface area contributed by atoms with Crippen molar-refractivity contribution in [1.29, 1.82) is 0 Å². The molecule has 3 nitrogen and oxygen atoms in total. The molecule has 1 fully saturated rings. The average molecular weight is 203 g/mol. The van der Waals surface area contributed by atoms with Crippen molar-refractivity contribution >= 4 is 18.5 Å². The molecule has 1 aliphatic rings. The first-order valence-electron chi connectivity index (χ1n) is 4.67. The Balaban J connectivity index is 2.45. The lowest BCUT2D eigenvalue weighted by molar-refractivity contribution is -0.142. The van der Waals surface area contributed by atoms with Crippen LogP contribution < -0.4 is 0 Å². The molecular formula is C9H17NO2S. The fourth-order valence-corrected chi connectivity index (χ4v) is 1.83. The summed E-state index contributed by atoms with van der Waals surface area (Å²) in [6, 6.07) is 0. The molecule has 1 amide bonds. The number of carbonyl (C=O) groups is 1. The second-order valence-electron chi connectivity index (χ2n) is 3.53. The summed E-state index contributed by atoms with van der Waals surface area (Å²) in [4.78, 5) is 13.4. The Hall–Kier alpha value is -0.220. The highest BCUT2D eigenvalue weighted by molar-refractivity contribution is 7.80. The highest BCUT2D eigenvalue weighted by Gasteiger charge is 2.24. The summed E-state index contributed by atoms with van der Waals surface area (Å²) < 4.78 is 5.53. The lowest BCUT2D eigenvalue weighted by atomic mass is 10.2. The minimum atomic E-state index is 0.160. The van der Waals surface area contributed by atoms with E-state index >= 15 is 0 Å². The standard InChI is InChI=1S/C9H17NO2S/c1-7-5-10(6-8(2)12-7)9(11)3-4-13/h7-8,13H,3-6H2,1-2H3. The maximum atomic E-state index is 11.5. The molecule has 1 heterocycles. The van der Waals surface area contributed by atoms with Gasteiger partial charge in [-0.25, -0.2) is 0 Å². The van der Waals surface area contributed by atoms with E-state index < -0.39 is 0 Å². The number of thiol groups is 1. The van der Waals surface area contributed by atoms with E-state index in [9.17, 15) is 4.79 Å². The Morgan fingerprint density at radius 1 is 1.46 bits per heavy atom. The molecule has 0 N–H and O–H groups in total. The summed E-state index contributed by atoms with van der Waals surface area (Å²) >= 11 is 4.05. The van der Waals surface area contributed by atoms with Crippen molar-refractivity contribution in [2.45, 2.75) is 32.5 Å². The molecule has 13 heavy (non-hydrogen) atoms. The first kappa shape index (κ1) is 10.9. The third kappa shape index (κ3) is 3.19. The van der Waals surface area contributed by atoms with Crippen LogP contribution >= 0.6 is 12.6 Å². The zero-order valence-electron chi connectivity index (χ0n) is 8.19. The van der Waals surface area contributed by atoms with Crippen molar-refractivity contribution in [3.8, 4) is 0 Å². The van der Waals surface area contributed by atoms with Gasteiger partial charge in [0.15, 0.2) is 0 Å². The maximum absolute atomic E-state index is 11.5. The molecule has 0 radical (unpaired) electrons. The van der Waals surface area contributed by atoms with E-state index in [1.54, 1.807) is 0 Å². The summed E-state index contributed by atoms with van der Waals surface area (Å²) in [5.41, 5.74) is 0. The first-order chi connectivity index (χ1) is 6.13. The Morgan fingerprint density at radius 3 is 2.46 bits per heavy atom.